The molecule has 258 valence electrons. The van der Waals surface area contributed by atoms with Crippen molar-refractivity contribution >= 4 is 87.5 Å². The van der Waals surface area contributed by atoms with Gasteiger partial charge in [0.25, 0.3) is 0 Å². The summed E-state index contributed by atoms with van der Waals surface area (Å²) < 4.78 is 11.4. The Bertz CT molecular complexity index is 2600. The molecule has 0 saturated heterocycles. The summed E-state index contributed by atoms with van der Waals surface area (Å²) in [4.78, 5) is 0. The molecule has 6 aromatic carbocycles. The molecule has 10 rings (SSSR count). The van der Waals surface area contributed by atoms with Gasteiger partial charge in [-0.05, 0) is 0 Å². The second kappa shape index (κ2) is 12.3. The zero-order valence-corrected chi connectivity index (χ0v) is 35.4. The number of benzene rings is 6. The predicted octanol–water partition coefficient (Wildman–Crippen LogP) is 12.7. The largest absolute Gasteiger partial charge is 0.147 e. The van der Waals surface area contributed by atoms with Crippen molar-refractivity contribution in [2.75, 3.05) is 0 Å². The minimum absolute atomic E-state index is 0. The number of para-hydroxylation sites is 4. The molecule has 0 fully saturated rings. The molecule has 2 heterocycles. The van der Waals surface area contributed by atoms with Gasteiger partial charge in [-0.15, -0.1) is 24.8 Å². The number of nitrogens with zero attached hydrogens (tertiary/aromatic N) is 2. The summed E-state index contributed by atoms with van der Waals surface area (Å²) in [5.74, 6) is 0. The van der Waals surface area contributed by atoms with Gasteiger partial charge in [-0.3, -0.25) is 0 Å². The third-order valence-electron chi connectivity index (χ3n) is 12.0. The maximum absolute atomic E-state index is 3.75. The average molecular weight is 813 g/mol. The zero-order valence-electron chi connectivity index (χ0n) is 29.9. The molecule has 0 N–H and O–H groups in total. The molecular formula is C46H42Cl2N2SiZr. The van der Waals surface area contributed by atoms with Crippen LogP contribution in [0.25, 0.3) is 67.1 Å². The van der Waals surface area contributed by atoms with Crippen molar-refractivity contribution in [3.05, 3.63) is 167 Å². The minimum Gasteiger partial charge on any atom is -0.147 e. The zero-order chi connectivity index (χ0) is 34.0. The van der Waals surface area contributed by atoms with Crippen LogP contribution in [0.3, 0.4) is 0 Å². The molecule has 0 aliphatic heterocycles. The van der Waals surface area contributed by atoms with Crippen LogP contribution in [0, 0.1) is 0 Å². The van der Waals surface area contributed by atoms with Crippen LogP contribution in [0.5, 0.6) is 0 Å². The number of hydrogen-bond donors (Lipinski definition) is 0. The van der Waals surface area contributed by atoms with Gasteiger partial charge in [0, 0.05) is 0 Å². The molecule has 2 unspecified atom stereocenters. The van der Waals surface area contributed by atoms with Crippen molar-refractivity contribution < 1.29 is 17.4 Å². The van der Waals surface area contributed by atoms with Crippen LogP contribution in [0.4, 0.5) is 0 Å². The number of hydrogen-bond acceptors (Lipinski definition) is 0. The Balaban J connectivity index is 0.00000193. The van der Waals surface area contributed by atoms with Gasteiger partial charge < -0.3 is 0 Å². The Morgan fingerprint density at radius 2 is 0.750 bits per heavy atom. The molecule has 0 spiro atoms. The first-order valence-corrected chi connectivity index (χ1v) is 31.6. The van der Waals surface area contributed by atoms with Crippen LogP contribution < -0.4 is 0 Å². The fourth-order valence-electron chi connectivity index (χ4n) is 10.5. The first-order chi connectivity index (χ1) is 24.2. The Hall–Kier alpha value is -3.92. The second-order valence-electron chi connectivity index (χ2n) is 15.9. The normalized spacial score (nSPS) is 16.8. The first-order valence-electron chi connectivity index (χ1n) is 17.9. The second-order valence-corrected chi connectivity index (χ2v) is 46.4. The van der Waals surface area contributed by atoms with E-state index < -0.39 is 17.4 Å². The maximum atomic E-state index is 2.74. The fourth-order valence-corrected chi connectivity index (χ4v) is 31.8. The SMILES string of the molecule is CC1=Cc2c(cccc2-n2c3ccccc3c3ccccc32)[CH]1[Zr]([CH3])([CH3])(=[SiH2])[CH]1C(C)=Cc2c1cccc2-n1c2ccccc2c2ccccc21.Cl.Cl. The minimum atomic E-state index is -3.75. The summed E-state index contributed by atoms with van der Waals surface area (Å²) in [6.45, 7) is 7.26. The summed E-state index contributed by atoms with van der Waals surface area (Å²) in [6.07, 6.45) is 5.08. The van der Waals surface area contributed by atoms with Gasteiger partial charge in [-0.1, -0.05) is 0 Å². The van der Waals surface area contributed by atoms with E-state index in [1.165, 1.54) is 88.4 Å². The molecule has 0 amide bonds. The van der Waals surface area contributed by atoms with Crippen molar-refractivity contribution in [1.29, 1.82) is 0 Å². The molecule has 2 nitrogen and oxygen atoms in total. The Kier molecular flexibility index (Phi) is 8.32. The monoisotopic (exact) mass is 810 g/mol. The van der Waals surface area contributed by atoms with Gasteiger partial charge in [-0.25, -0.2) is 0 Å². The van der Waals surface area contributed by atoms with E-state index in [0.29, 0.717) is 7.25 Å². The Morgan fingerprint density at radius 1 is 0.442 bits per heavy atom. The summed E-state index contributed by atoms with van der Waals surface area (Å²) in [7, 11) is 0. The van der Waals surface area contributed by atoms with Crippen molar-refractivity contribution in [3.8, 4) is 11.4 Å². The topological polar surface area (TPSA) is 9.86 Å². The molecule has 6 heteroatoms. The number of halogens is 2. The van der Waals surface area contributed by atoms with E-state index in [-0.39, 0.29) is 24.8 Å². The first kappa shape index (κ1) is 35.1. The van der Waals surface area contributed by atoms with E-state index in [0.717, 1.165) is 0 Å². The fraction of sp³-hybridized carbons (Fsp3) is 0.130. The molecule has 2 aliphatic carbocycles. The third kappa shape index (κ3) is 4.77. The standard InChI is InChI=1S/2C22H16N.2CH3.2ClH.H2Si.Zr/c2*1-15-13-16-7-6-12-22(19(16)14-15)23-20-10-4-2-8-17(20)18-9-3-5-11-21(18)23;;;;;;/h2*2-14H,1H3;2*1H3;2*1H;1H2;. The van der Waals surface area contributed by atoms with Gasteiger partial charge >= 0.3 is 298 Å². The summed E-state index contributed by atoms with van der Waals surface area (Å²) in [6, 6.07) is 49.7. The quantitative estimate of drug-likeness (QED) is 0.157. The molecule has 52 heavy (non-hydrogen) atoms. The number of rotatable bonds is 4. The van der Waals surface area contributed by atoms with Crippen LogP contribution in [-0.4, -0.2) is 16.0 Å². The van der Waals surface area contributed by atoms with Crippen LogP contribution in [0.1, 0.15) is 43.4 Å². The average Bonchev–Trinajstić information content (AvgIpc) is 3.85. The van der Waals surface area contributed by atoms with Crippen molar-refractivity contribution in [2.24, 2.45) is 0 Å². The Morgan fingerprint density at radius 3 is 1.08 bits per heavy atom. The predicted molar refractivity (Wildman–Crippen MR) is 229 cm³/mol. The van der Waals surface area contributed by atoms with Crippen molar-refractivity contribution in [3.63, 3.8) is 0 Å². The van der Waals surface area contributed by atoms with Crippen molar-refractivity contribution in [2.45, 2.75) is 30.4 Å². The molecule has 2 atom stereocenters. The molecular weight excluding hydrogens is 771 g/mol. The number of allylic oxidation sites excluding steroid dienone is 2. The number of aromatic nitrogens is 2. The number of fused-ring (bicyclic) bond motifs is 8. The molecule has 0 saturated carbocycles. The van der Waals surface area contributed by atoms with E-state index in [9.17, 15) is 0 Å². The van der Waals surface area contributed by atoms with E-state index >= 15 is 0 Å². The third-order valence-corrected chi connectivity index (χ3v) is 30.0. The van der Waals surface area contributed by atoms with Gasteiger partial charge in [0.15, 0.2) is 0 Å². The Labute approximate surface area is 320 Å². The summed E-state index contributed by atoms with van der Waals surface area (Å²) in [5.41, 5.74) is 16.6. The summed E-state index contributed by atoms with van der Waals surface area (Å²) in [5, 5.41) is 5.25. The van der Waals surface area contributed by atoms with E-state index in [1.807, 2.05) is 0 Å². The van der Waals surface area contributed by atoms with Gasteiger partial charge in [-0.2, -0.15) is 0 Å². The molecule has 0 bridgehead atoms. The van der Waals surface area contributed by atoms with Gasteiger partial charge in [0.2, 0.25) is 0 Å². The van der Waals surface area contributed by atoms with E-state index in [2.05, 4.69) is 185 Å². The van der Waals surface area contributed by atoms with Crippen molar-refractivity contribution in [1.82, 2.24) is 9.13 Å². The smallest absolute Gasteiger partial charge is 0.147 e. The molecule has 2 aromatic heterocycles. The van der Waals surface area contributed by atoms with E-state index in [4.69, 9.17) is 0 Å². The van der Waals surface area contributed by atoms with Gasteiger partial charge in [0.05, 0.1) is 0 Å². The summed E-state index contributed by atoms with van der Waals surface area (Å²) >= 11 is -3.75. The molecule has 0 radical (unpaired) electrons. The van der Waals surface area contributed by atoms with E-state index in [1.54, 1.807) is 0 Å². The maximum Gasteiger partial charge on any atom is -0.147 e. The molecule has 8 aromatic rings. The molecule has 2 aliphatic rings. The van der Waals surface area contributed by atoms with Crippen LogP contribution >= 0.6 is 24.8 Å². The van der Waals surface area contributed by atoms with Crippen LogP contribution in [-0.2, 0) is 17.4 Å². The van der Waals surface area contributed by atoms with Crippen LogP contribution in [0.2, 0.25) is 9.26 Å². The van der Waals surface area contributed by atoms with Gasteiger partial charge in [0.1, 0.15) is 0 Å². The van der Waals surface area contributed by atoms with Crippen LogP contribution in [0.15, 0.2) is 145 Å².